The molecule has 54 valence electrons. The molecule has 0 saturated carbocycles. The van der Waals surface area contributed by atoms with Crippen molar-refractivity contribution >= 4 is 103 Å². The van der Waals surface area contributed by atoms with Gasteiger partial charge in [0.05, 0.1) is 0 Å². The molecule has 0 unspecified atom stereocenters. The van der Waals surface area contributed by atoms with Gasteiger partial charge in [0.2, 0.25) is 11.9 Å². The van der Waals surface area contributed by atoms with Crippen molar-refractivity contribution in [2.75, 3.05) is 0 Å². The molecule has 0 bridgehead atoms. The van der Waals surface area contributed by atoms with Crippen molar-refractivity contribution in [2.24, 2.45) is 4.99 Å². The van der Waals surface area contributed by atoms with E-state index in [4.69, 9.17) is 15.5 Å². The number of hydrogen-bond acceptors (Lipinski definition) is 5. The number of aromatic hydroxyl groups is 2. The summed E-state index contributed by atoms with van der Waals surface area (Å²) in [6, 6.07) is 0. The van der Waals surface area contributed by atoms with Crippen molar-refractivity contribution in [1.29, 1.82) is 5.26 Å². The second-order valence-corrected chi connectivity index (χ2v) is 1.59. The molecule has 0 aliphatic rings. The van der Waals surface area contributed by atoms with Gasteiger partial charge in [-0.25, -0.2) is 0 Å². The number of hydrogen-bond donors (Lipinski definition) is 2. The number of nitrogens with zero attached hydrogens (tertiary/aromatic N) is 2. The third-order valence-electron chi connectivity index (χ3n) is 1.04. The van der Waals surface area contributed by atoms with E-state index in [1.807, 2.05) is 0 Å². The Morgan fingerprint density at radius 3 is 2.08 bits per heavy atom. The molecule has 2 N–H and O–H groups in total. The van der Waals surface area contributed by atoms with E-state index < -0.39 is 16.9 Å². The van der Waals surface area contributed by atoms with Gasteiger partial charge in [-0.2, -0.15) is 10.3 Å². The van der Waals surface area contributed by atoms with Crippen LogP contribution in [0.1, 0.15) is 0 Å². The fraction of sp³-hybridized carbons (Fsp3) is 0. The fourth-order valence-corrected chi connectivity index (χ4v) is 0.531. The molecule has 7 heteroatoms. The molecule has 0 radical (unpaired) electrons. The molecular formula is C5H4K2N2O3. The van der Waals surface area contributed by atoms with E-state index in [9.17, 15) is 4.79 Å². The van der Waals surface area contributed by atoms with Crippen molar-refractivity contribution in [3.8, 4) is 17.7 Å². The van der Waals surface area contributed by atoms with E-state index in [1.165, 1.54) is 6.19 Å². The zero-order valence-electron chi connectivity index (χ0n) is 4.70. The van der Waals surface area contributed by atoms with Gasteiger partial charge in [-0.3, -0.25) is 4.79 Å². The number of rotatable bonds is 0. The maximum atomic E-state index is 10.4. The van der Waals surface area contributed by atoms with Crippen LogP contribution in [-0.2, 0) is 0 Å². The molecule has 0 fully saturated rings. The molecule has 12 heavy (non-hydrogen) atoms. The fourth-order valence-electron chi connectivity index (χ4n) is 0.531. The first-order valence-electron chi connectivity index (χ1n) is 2.32. The van der Waals surface area contributed by atoms with Gasteiger partial charge >= 0.3 is 103 Å². The summed E-state index contributed by atoms with van der Waals surface area (Å²) in [4.78, 5) is 13.4. The van der Waals surface area contributed by atoms with Gasteiger partial charge in [-0.1, -0.05) is 0 Å². The van der Waals surface area contributed by atoms with Gasteiger partial charge in [-0.15, -0.1) is 0 Å². The van der Waals surface area contributed by atoms with Crippen LogP contribution in [0.25, 0.3) is 0 Å². The molecule has 0 aromatic heterocycles. The monoisotopic (exact) mass is 218 g/mol. The predicted molar refractivity (Wildman–Crippen MR) is 43.9 cm³/mol. The average molecular weight is 218 g/mol. The summed E-state index contributed by atoms with van der Waals surface area (Å²) in [5.41, 5.74) is -0.793. The van der Waals surface area contributed by atoms with Crippen LogP contribution in [-0.4, -0.2) is 113 Å². The molecule has 1 rings (SSSR count). The van der Waals surface area contributed by atoms with Gasteiger partial charge in [0.1, 0.15) is 0 Å². The van der Waals surface area contributed by atoms with Crippen molar-refractivity contribution < 1.29 is 10.2 Å². The third-order valence-corrected chi connectivity index (χ3v) is 1.04. The Bertz CT molecular complexity index is 386. The Balaban J connectivity index is 0. The first kappa shape index (κ1) is 15.9. The van der Waals surface area contributed by atoms with Gasteiger partial charge in [0.25, 0.3) is 5.43 Å². The van der Waals surface area contributed by atoms with E-state index in [0.29, 0.717) is 0 Å². The summed E-state index contributed by atoms with van der Waals surface area (Å²) in [5.74, 6) is -1.33. The van der Waals surface area contributed by atoms with Crippen LogP contribution in [0.3, 0.4) is 0 Å². The van der Waals surface area contributed by atoms with Gasteiger partial charge in [0, 0.05) is 0 Å². The van der Waals surface area contributed by atoms with Gasteiger partial charge in [-0.05, 0) is 0 Å². The van der Waals surface area contributed by atoms with Crippen LogP contribution in [0.15, 0.2) is 9.79 Å². The van der Waals surface area contributed by atoms with Gasteiger partial charge in [0.15, 0.2) is 11.1 Å². The van der Waals surface area contributed by atoms with Crippen molar-refractivity contribution in [2.45, 2.75) is 0 Å². The summed E-state index contributed by atoms with van der Waals surface area (Å²) in [7, 11) is 0. The second-order valence-electron chi connectivity index (χ2n) is 1.59. The average Bonchev–Trinajstić information content (AvgIpc) is 1.98. The zero-order valence-corrected chi connectivity index (χ0v) is 4.70. The van der Waals surface area contributed by atoms with Crippen LogP contribution in [0.5, 0.6) is 11.5 Å². The third kappa shape index (κ3) is 2.99. The summed E-state index contributed by atoms with van der Waals surface area (Å²) < 4.78 is 0. The predicted octanol–water partition coefficient (Wildman–Crippen LogP) is -2.58. The molecule has 1 aromatic carbocycles. The van der Waals surface area contributed by atoms with Crippen LogP contribution < -0.4 is 10.8 Å². The topological polar surface area (TPSA) is 93.7 Å². The molecule has 1 aromatic rings. The maximum absolute atomic E-state index is 10.4. The molecule has 0 heterocycles. The summed E-state index contributed by atoms with van der Waals surface area (Å²) >= 11 is 0. The van der Waals surface area contributed by atoms with Crippen molar-refractivity contribution in [1.82, 2.24) is 0 Å². The zero-order chi connectivity index (χ0) is 7.72. The Morgan fingerprint density at radius 1 is 1.25 bits per heavy atom. The quantitative estimate of drug-likeness (QED) is 0.369. The number of nitriles is 1. The Kier molecular flexibility index (Phi) is 9.05. The molecule has 0 aliphatic carbocycles. The first-order chi connectivity index (χ1) is 4.68. The molecule has 0 aliphatic heterocycles. The Hall–Kier alpha value is 1.44. The molecule has 0 saturated heterocycles. The molecule has 0 amide bonds. The van der Waals surface area contributed by atoms with E-state index in [0.717, 1.165) is 0 Å². The Labute approximate surface area is 153 Å². The van der Waals surface area contributed by atoms with Crippen molar-refractivity contribution in [3.05, 3.63) is 15.6 Å². The van der Waals surface area contributed by atoms with E-state index in [-0.39, 0.29) is 108 Å². The van der Waals surface area contributed by atoms with Crippen LogP contribution in [0.2, 0.25) is 0 Å². The van der Waals surface area contributed by atoms with Crippen molar-refractivity contribution in [3.63, 3.8) is 0 Å². The van der Waals surface area contributed by atoms with Gasteiger partial charge < -0.3 is 10.2 Å². The first-order valence-corrected chi connectivity index (χ1v) is 2.32. The molecule has 0 atom stereocenters. The van der Waals surface area contributed by atoms with Crippen LogP contribution >= 0.6 is 0 Å². The minimum absolute atomic E-state index is 0. The SMILES string of the molecule is N#CN=c1c(O)c(O)c1=O.[KH].[KH]. The van der Waals surface area contributed by atoms with Crippen LogP contribution in [0.4, 0.5) is 0 Å². The standard InChI is InChI=1S/C5H2N2O3.2K.2H/c6-1-7-2-3(8)5(10)4(2)9;;;;/h8,10H;;;;. The summed E-state index contributed by atoms with van der Waals surface area (Å²) in [6.07, 6.45) is 1.31. The van der Waals surface area contributed by atoms with E-state index in [2.05, 4.69) is 4.99 Å². The molecule has 5 nitrogen and oxygen atoms in total. The summed E-state index contributed by atoms with van der Waals surface area (Å²) in [6.45, 7) is 0. The van der Waals surface area contributed by atoms with E-state index in [1.54, 1.807) is 0 Å². The summed E-state index contributed by atoms with van der Waals surface area (Å²) in [5, 5.41) is 24.6. The minimum atomic E-state index is -0.793. The second kappa shape index (κ2) is 6.83. The molecular weight excluding hydrogens is 214 g/mol. The molecule has 0 spiro atoms. The van der Waals surface area contributed by atoms with E-state index >= 15 is 0 Å². The Morgan fingerprint density at radius 2 is 1.75 bits per heavy atom. The van der Waals surface area contributed by atoms with Crippen LogP contribution in [0, 0.1) is 11.5 Å². The normalized spacial score (nSPS) is 9.75.